The lowest BCUT2D eigenvalue weighted by Crippen LogP contribution is -2.04. The molecule has 0 unspecified atom stereocenters. The van der Waals surface area contributed by atoms with Gasteiger partial charge in [0.05, 0.1) is 0 Å². The van der Waals surface area contributed by atoms with E-state index in [4.69, 9.17) is 10.7 Å². The maximum absolute atomic E-state index is 10.8. The van der Waals surface area contributed by atoms with Gasteiger partial charge in [-0.25, -0.2) is 8.42 Å². The summed E-state index contributed by atoms with van der Waals surface area (Å²) in [5.74, 6) is 0.675. The van der Waals surface area contributed by atoms with Crippen molar-refractivity contribution in [1.82, 2.24) is 0 Å². The topological polar surface area (TPSA) is 34.1 Å². The van der Waals surface area contributed by atoms with Crippen molar-refractivity contribution in [2.75, 3.05) is 0 Å². The molecule has 1 fully saturated rings. The van der Waals surface area contributed by atoms with Crippen LogP contribution in [0.1, 0.15) is 49.1 Å². The molecule has 2 nitrogen and oxygen atoms in total. The van der Waals surface area contributed by atoms with Crippen molar-refractivity contribution in [1.29, 1.82) is 0 Å². The number of benzene rings is 1. The minimum atomic E-state index is -3.56. The zero-order chi connectivity index (χ0) is 13.0. The first-order valence-electron chi connectivity index (χ1n) is 6.27. The summed E-state index contributed by atoms with van der Waals surface area (Å²) in [5, 5.41) is 1.02. The molecule has 0 saturated heterocycles. The van der Waals surface area contributed by atoms with Crippen LogP contribution in [-0.2, 0) is 9.05 Å². The molecular weight excluding hydrogens is 268 g/mol. The van der Waals surface area contributed by atoms with Gasteiger partial charge in [-0.2, -0.15) is 0 Å². The number of halogens is 1. The third kappa shape index (κ3) is 4.14. The van der Waals surface area contributed by atoms with Gasteiger partial charge >= 0.3 is 0 Å². The number of hydrogen-bond acceptors (Lipinski definition) is 2. The molecule has 1 aromatic rings. The Morgan fingerprint density at radius 3 is 2.22 bits per heavy atom. The van der Waals surface area contributed by atoms with E-state index in [1.165, 1.54) is 43.7 Å². The second-order valence-electron chi connectivity index (χ2n) is 4.78. The molecule has 0 N–H and O–H groups in total. The van der Waals surface area contributed by atoms with Crippen LogP contribution in [0.4, 0.5) is 0 Å². The summed E-state index contributed by atoms with van der Waals surface area (Å²) in [4.78, 5) is 0. The third-order valence-corrected chi connectivity index (χ3v) is 4.21. The summed E-state index contributed by atoms with van der Waals surface area (Å²) >= 11 is 0. The van der Waals surface area contributed by atoms with Crippen LogP contribution in [0.25, 0.3) is 6.08 Å². The molecule has 18 heavy (non-hydrogen) atoms. The van der Waals surface area contributed by atoms with Crippen molar-refractivity contribution in [3.63, 3.8) is 0 Å². The van der Waals surface area contributed by atoms with Gasteiger partial charge < -0.3 is 0 Å². The maximum Gasteiger partial charge on any atom is 0.254 e. The van der Waals surface area contributed by atoms with Crippen molar-refractivity contribution in [3.05, 3.63) is 40.8 Å². The molecule has 0 aliphatic heterocycles. The average molecular weight is 285 g/mol. The third-order valence-electron chi connectivity index (χ3n) is 3.44. The second kappa shape index (κ2) is 5.89. The van der Waals surface area contributed by atoms with Gasteiger partial charge in [-0.1, -0.05) is 43.5 Å². The van der Waals surface area contributed by atoms with Crippen molar-refractivity contribution in [2.45, 2.75) is 38.0 Å². The Balaban J connectivity index is 2.07. The van der Waals surface area contributed by atoms with Crippen LogP contribution >= 0.6 is 10.7 Å². The van der Waals surface area contributed by atoms with Crippen LogP contribution in [0, 0.1) is 0 Å². The Morgan fingerprint density at radius 1 is 1.06 bits per heavy atom. The minimum absolute atomic E-state index is 0.675. The van der Waals surface area contributed by atoms with Crippen molar-refractivity contribution in [2.24, 2.45) is 0 Å². The van der Waals surface area contributed by atoms with E-state index in [0.717, 1.165) is 11.0 Å². The zero-order valence-electron chi connectivity index (χ0n) is 10.2. The molecule has 0 spiro atoms. The highest BCUT2D eigenvalue weighted by molar-refractivity contribution is 8.16. The van der Waals surface area contributed by atoms with Gasteiger partial charge in [0.25, 0.3) is 9.05 Å². The van der Waals surface area contributed by atoms with E-state index in [2.05, 4.69) is 12.1 Å². The quantitative estimate of drug-likeness (QED) is 0.777. The molecule has 0 bridgehead atoms. The van der Waals surface area contributed by atoms with Crippen molar-refractivity contribution in [3.8, 4) is 0 Å². The molecule has 0 aromatic heterocycles. The van der Waals surface area contributed by atoms with Crippen LogP contribution in [-0.4, -0.2) is 8.42 Å². The molecule has 0 radical (unpaired) electrons. The van der Waals surface area contributed by atoms with Gasteiger partial charge in [0.15, 0.2) is 0 Å². The van der Waals surface area contributed by atoms with E-state index in [9.17, 15) is 8.42 Å². The largest absolute Gasteiger partial charge is 0.254 e. The Bertz CT molecular complexity index is 511. The first-order valence-corrected chi connectivity index (χ1v) is 8.64. The Kier molecular flexibility index (Phi) is 4.46. The average Bonchev–Trinajstić information content (AvgIpc) is 2.37. The monoisotopic (exact) mass is 284 g/mol. The molecular formula is C14H17ClO2S. The summed E-state index contributed by atoms with van der Waals surface area (Å²) in [6, 6.07) is 8.08. The first-order chi connectivity index (χ1) is 8.54. The van der Waals surface area contributed by atoms with Crippen LogP contribution < -0.4 is 0 Å². The smallest absolute Gasteiger partial charge is 0.208 e. The summed E-state index contributed by atoms with van der Waals surface area (Å²) in [7, 11) is 1.56. The van der Waals surface area contributed by atoms with Crippen LogP contribution in [0.2, 0.25) is 0 Å². The summed E-state index contributed by atoms with van der Waals surface area (Å²) in [6.45, 7) is 0. The SMILES string of the molecule is O=S(=O)(Cl)/C=C/c1ccc(C2CCCCC2)cc1. The molecule has 0 amide bonds. The first kappa shape index (κ1) is 13.6. The molecule has 1 saturated carbocycles. The molecule has 0 heterocycles. The van der Waals surface area contributed by atoms with Crippen molar-refractivity contribution < 1.29 is 8.42 Å². The van der Waals surface area contributed by atoms with Crippen molar-refractivity contribution >= 4 is 25.8 Å². The Morgan fingerprint density at radius 2 is 1.67 bits per heavy atom. The second-order valence-corrected chi connectivity index (χ2v) is 7.29. The van der Waals surface area contributed by atoms with E-state index < -0.39 is 9.05 Å². The fourth-order valence-electron chi connectivity index (χ4n) is 2.48. The lowest BCUT2D eigenvalue weighted by molar-refractivity contribution is 0.443. The molecule has 4 heteroatoms. The number of rotatable bonds is 3. The van der Waals surface area contributed by atoms with Crippen LogP contribution in [0.15, 0.2) is 29.7 Å². The minimum Gasteiger partial charge on any atom is -0.208 e. The fraction of sp³-hybridized carbons (Fsp3) is 0.429. The van der Waals surface area contributed by atoms with Gasteiger partial charge in [0, 0.05) is 16.1 Å². The van der Waals surface area contributed by atoms with E-state index in [1.807, 2.05) is 12.1 Å². The van der Waals surface area contributed by atoms with E-state index in [-0.39, 0.29) is 0 Å². The Hall–Kier alpha value is -0.800. The van der Waals surface area contributed by atoms with Crippen LogP contribution in [0.5, 0.6) is 0 Å². The van der Waals surface area contributed by atoms with Gasteiger partial charge in [-0.15, -0.1) is 0 Å². The number of hydrogen-bond donors (Lipinski definition) is 0. The van der Waals surface area contributed by atoms with Gasteiger partial charge in [0.1, 0.15) is 0 Å². The summed E-state index contributed by atoms with van der Waals surface area (Å²) in [6.07, 6.45) is 8.04. The zero-order valence-corrected chi connectivity index (χ0v) is 11.8. The van der Waals surface area contributed by atoms with E-state index in [0.29, 0.717) is 5.92 Å². The molecule has 1 aliphatic carbocycles. The molecule has 98 valence electrons. The lowest BCUT2D eigenvalue weighted by Gasteiger charge is -2.21. The van der Waals surface area contributed by atoms with E-state index >= 15 is 0 Å². The highest BCUT2D eigenvalue weighted by Crippen LogP contribution is 2.32. The lowest BCUT2D eigenvalue weighted by atomic mass is 9.84. The molecule has 1 aromatic carbocycles. The highest BCUT2D eigenvalue weighted by Gasteiger charge is 2.14. The standard InChI is InChI=1S/C14H17ClO2S/c15-18(16,17)11-10-12-6-8-14(9-7-12)13-4-2-1-3-5-13/h6-11,13H,1-5H2/b11-10+. The fourth-order valence-corrected chi connectivity index (χ4v) is 2.95. The molecule has 1 aliphatic rings. The predicted octanol–water partition coefficient (Wildman–Crippen LogP) is 4.27. The van der Waals surface area contributed by atoms with Gasteiger partial charge in [-0.05, 0) is 36.0 Å². The van der Waals surface area contributed by atoms with Gasteiger partial charge in [-0.3, -0.25) is 0 Å². The highest BCUT2D eigenvalue weighted by atomic mass is 35.7. The summed E-state index contributed by atoms with van der Waals surface area (Å²) < 4.78 is 21.6. The molecule has 2 rings (SSSR count). The summed E-state index contributed by atoms with van der Waals surface area (Å²) in [5.41, 5.74) is 2.22. The normalized spacial score (nSPS) is 18.3. The molecule has 0 atom stereocenters. The van der Waals surface area contributed by atoms with Gasteiger partial charge in [0.2, 0.25) is 0 Å². The maximum atomic E-state index is 10.8. The Labute approximate surface area is 113 Å². The van der Waals surface area contributed by atoms with E-state index in [1.54, 1.807) is 0 Å². The van der Waals surface area contributed by atoms with Crippen LogP contribution in [0.3, 0.4) is 0 Å². The predicted molar refractivity (Wildman–Crippen MR) is 76.1 cm³/mol.